The van der Waals surface area contributed by atoms with Crippen molar-refractivity contribution in [3.8, 4) is 10.8 Å². The van der Waals surface area contributed by atoms with Crippen LogP contribution in [-0.2, 0) is 0 Å². The van der Waals surface area contributed by atoms with Crippen molar-refractivity contribution in [3.63, 3.8) is 0 Å². The van der Waals surface area contributed by atoms with Crippen molar-refractivity contribution in [2.45, 2.75) is 50.7 Å². The quantitative estimate of drug-likeness (QED) is 0.887. The van der Waals surface area contributed by atoms with Crippen LogP contribution in [-0.4, -0.2) is 50.9 Å². The first kappa shape index (κ1) is 18.2. The number of nitrogens with zero attached hydrogens (tertiary/aromatic N) is 4. The molecular weight excluding hydrogens is 358 g/mol. The molecule has 1 amide bonds. The summed E-state index contributed by atoms with van der Waals surface area (Å²) in [7, 11) is 1.93. The van der Waals surface area contributed by atoms with Crippen LogP contribution in [0.2, 0.25) is 0 Å². The van der Waals surface area contributed by atoms with E-state index in [2.05, 4.69) is 20.3 Å². The number of halogens is 1. The molecule has 2 aliphatic heterocycles. The SMILES string of the molecule is Cc1nc(-c2ncccn2)sc1C(=O)N(C)C1CC2CCC(C1)N2.Cl. The summed E-state index contributed by atoms with van der Waals surface area (Å²) >= 11 is 1.39. The first-order chi connectivity index (χ1) is 11.6. The van der Waals surface area contributed by atoms with Gasteiger partial charge in [-0.25, -0.2) is 15.0 Å². The molecule has 134 valence electrons. The first-order valence-electron chi connectivity index (χ1n) is 8.40. The summed E-state index contributed by atoms with van der Waals surface area (Å²) in [6.07, 6.45) is 7.95. The average molecular weight is 380 g/mol. The zero-order valence-electron chi connectivity index (χ0n) is 14.3. The van der Waals surface area contributed by atoms with E-state index in [0.29, 0.717) is 33.8 Å². The second kappa shape index (κ2) is 7.35. The number of aromatic nitrogens is 3. The van der Waals surface area contributed by atoms with Gasteiger partial charge >= 0.3 is 0 Å². The molecule has 4 rings (SSSR count). The zero-order valence-corrected chi connectivity index (χ0v) is 15.9. The fraction of sp³-hybridized carbons (Fsp3) is 0.529. The van der Waals surface area contributed by atoms with E-state index in [1.807, 2.05) is 18.9 Å². The zero-order chi connectivity index (χ0) is 16.7. The Balaban J connectivity index is 0.00000182. The van der Waals surface area contributed by atoms with E-state index in [9.17, 15) is 4.79 Å². The van der Waals surface area contributed by atoms with Crippen molar-refractivity contribution < 1.29 is 4.79 Å². The summed E-state index contributed by atoms with van der Waals surface area (Å²) < 4.78 is 0. The number of hydrogen-bond acceptors (Lipinski definition) is 6. The van der Waals surface area contributed by atoms with Crippen LogP contribution in [0.5, 0.6) is 0 Å². The molecule has 0 spiro atoms. The lowest BCUT2D eigenvalue weighted by Crippen LogP contribution is -2.48. The van der Waals surface area contributed by atoms with E-state index in [0.717, 1.165) is 18.5 Å². The minimum absolute atomic E-state index is 0. The fourth-order valence-corrected chi connectivity index (χ4v) is 4.77. The highest BCUT2D eigenvalue weighted by Gasteiger charge is 2.37. The minimum Gasteiger partial charge on any atom is -0.338 e. The molecule has 1 N–H and O–H groups in total. The maximum atomic E-state index is 13.0. The molecule has 2 saturated heterocycles. The van der Waals surface area contributed by atoms with Crippen molar-refractivity contribution in [2.75, 3.05) is 7.05 Å². The van der Waals surface area contributed by atoms with Gasteiger partial charge in [0.05, 0.1) is 5.69 Å². The molecule has 0 saturated carbocycles. The number of carbonyl (C=O) groups is 1. The highest BCUT2D eigenvalue weighted by atomic mass is 35.5. The lowest BCUT2D eigenvalue weighted by Gasteiger charge is -2.35. The largest absolute Gasteiger partial charge is 0.338 e. The molecule has 2 bridgehead atoms. The fourth-order valence-electron chi connectivity index (χ4n) is 3.77. The Kier molecular flexibility index (Phi) is 5.36. The number of fused-ring (bicyclic) bond motifs is 2. The van der Waals surface area contributed by atoms with Crippen LogP contribution in [0, 0.1) is 6.92 Å². The molecule has 4 heterocycles. The van der Waals surface area contributed by atoms with Gasteiger partial charge in [-0.15, -0.1) is 23.7 Å². The molecule has 2 fully saturated rings. The van der Waals surface area contributed by atoms with E-state index in [4.69, 9.17) is 0 Å². The van der Waals surface area contributed by atoms with Crippen molar-refractivity contribution in [3.05, 3.63) is 29.0 Å². The first-order valence-corrected chi connectivity index (χ1v) is 9.21. The summed E-state index contributed by atoms with van der Waals surface area (Å²) in [5, 5.41) is 4.33. The lowest BCUT2D eigenvalue weighted by molar-refractivity contribution is 0.0685. The normalized spacial score (nSPS) is 24.6. The third-order valence-electron chi connectivity index (χ3n) is 5.06. The topological polar surface area (TPSA) is 71.0 Å². The van der Waals surface area contributed by atoms with Crippen LogP contribution in [0.4, 0.5) is 0 Å². The predicted octanol–water partition coefficient (Wildman–Crippen LogP) is 2.69. The Morgan fingerprint density at radius 1 is 1.24 bits per heavy atom. The predicted molar refractivity (Wildman–Crippen MR) is 100 cm³/mol. The molecule has 8 heteroatoms. The highest BCUT2D eigenvalue weighted by molar-refractivity contribution is 7.17. The Hall–Kier alpha value is -1.57. The van der Waals surface area contributed by atoms with E-state index in [-0.39, 0.29) is 18.3 Å². The molecule has 6 nitrogen and oxygen atoms in total. The van der Waals surface area contributed by atoms with Gasteiger partial charge in [0.25, 0.3) is 5.91 Å². The maximum absolute atomic E-state index is 13.0. The van der Waals surface area contributed by atoms with Gasteiger partial charge < -0.3 is 10.2 Å². The third-order valence-corrected chi connectivity index (χ3v) is 6.21. The maximum Gasteiger partial charge on any atom is 0.265 e. The van der Waals surface area contributed by atoms with Gasteiger partial charge in [-0.1, -0.05) is 0 Å². The molecule has 0 aliphatic carbocycles. The number of amides is 1. The Bertz CT molecular complexity index is 741. The second-order valence-electron chi connectivity index (χ2n) is 6.69. The highest BCUT2D eigenvalue weighted by Crippen LogP contribution is 2.31. The molecule has 2 atom stereocenters. The number of nitrogens with one attached hydrogen (secondary N) is 1. The molecule has 0 radical (unpaired) electrons. The van der Waals surface area contributed by atoms with Gasteiger partial charge in [0.2, 0.25) is 0 Å². The van der Waals surface area contributed by atoms with E-state index < -0.39 is 0 Å². The number of piperidine rings is 1. The van der Waals surface area contributed by atoms with E-state index in [1.54, 1.807) is 18.5 Å². The van der Waals surface area contributed by atoms with Crippen LogP contribution >= 0.6 is 23.7 Å². The van der Waals surface area contributed by atoms with Crippen LogP contribution in [0.25, 0.3) is 10.8 Å². The van der Waals surface area contributed by atoms with Gasteiger partial charge in [-0.05, 0) is 38.7 Å². The van der Waals surface area contributed by atoms with Crippen molar-refractivity contribution >= 4 is 29.7 Å². The summed E-state index contributed by atoms with van der Waals surface area (Å²) in [6, 6.07) is 3.23. The summed E-state index contributed by atoms with van der Waals surface area (Å²) in [4.78, 5) is 28.6. The van der Waals surface area contributed by atoms with Crippen LogP contribution in [0.15, 0.2) is 18.5 Å². The smallest absolute Gasteiger partial charge is 0.265 e. The molecule has 2 aromatic heterocycles. The number of carbonyl (C=O) groups excluding carboxylic acids is 1. The Labute approximate surface area is 157 Å². The van der Waals surface area contributed by atoms with Crippen LogP contribution in [0.3, 0.4) is 0 Å². The van der Waals surface area contributed by atoms with Crippen molar-refractivity contribution in [1.29, 1.82) is 0 Å². The average Bonchev–Trinajstić information content (AvgIpc) is 3.16. The van der Waals surface area contributed by atoms with Gasteiger partial charge in [0.1, 0.15) is 4.88 Å². The molecule has 2 unspecified atom stereocenters. The standard InChI is InChI=1S/C17H21N5OS.ClH/c1-10-14(24-16(20-10)15-18-6-3-7-19-15)17(23)22(2)13-8-11-4-5-12(9-13)21-11;/h3,6-7,11-13,21H,4-5,8-9H2,1-2H3;1H. The molecule has 2 aliphatic rings. The molecular formula is C17H22ClN5OS. The summed E-state index contributed by atoms with van der Waals surface area (Å²) in [5.74, 6) is 0.644. The number of hydrogen-bond donors (Lipinski definition) is 1. The molecule has 25 heavy (non-hydrogen) atoms. The summed E-state index contributed by atoms with van der Waals surface area (Å²) in [6.45, 7) is 1.89. The Morgan fingerprint density at radius 2 is 1.88 bits per heavy atom. The molecule has 2 aromatic rings. The second-order valence-corrected chi connectivity index (χ2v) is 7.68. The van der Waals surface area contributed by atoms with E-state index in [1.165, 1.54) is 24.2 Å². The number of rotatable bonds is 3. The minimum atomic E-state index is 0. The van der Waals surface area contributed by atoms with Crippen molar-refractivity contribution in [1.82, 2.24) is 25.2 Å². The Morgan fingerprint density at radius 3 is 2.52 bits per heavy atom. The summed E-state index contributed by atoms with van der Waals surface area (Å²) in [5.41, 5.74) is 0.760. The van der Waals surface area contributed by atoms with Gasteiger partial charge in [0.15, 0.2) is 10.8 Å². The van der Waals surface area contributed by atoms with Gasteiger partial charge in [-0.3, -0.25) is 4.79 Å². The lowest BCUT2D eigenvalue weighted by atomic mass is 9.98. The van der Waals surface area contributed by atoms with E-state index >= 15 is 0 Å². The number of thiazole rings is 1. The van der Waals surface area contributed by atoms with Crippen molar-refractivity contribution in [2.24, 2.45) is 0 Å². The van der Waals surface area contributed by atoms with Crippen LogP contribution in [0.1, 0.15) is 41.0 Å². The van der Waals surface area contributed by atoms with Gasteiger partial charge in [-0.2, -0.15) is 0 Å². The monoisotopic (exact) mass is 379 g/mol. The van der Waals surface area contributed by atoms with Gasteiger partial charge in [0, 0.05) is 37.6 Å². The third kappa shape index (κ3) is 3.54. The number of aryl methyl sites for hydroxylation is 1. The van der Waals surface area contributed by atoms with Crippen LogP contribution < -0.4 is 5.32 Å². The molecule has 0 aromatic carbocycles.